The van der Waals surface area contributed by atoms with E-state index in [0.29, 0.717) is 5.69 Å². The molecule has 0 aliphatic rings. The lowest BCUT2D eigenvalue weighted by atomic mass is 10.1. The normalized spacial score (nSPS) is 9.64. The molecule has 0 fully saturated rings. The highest BCUT2D eigenvalue weighted by Gasteiger charge is 2.34. The van der Waals surface area contributed by atoms with Gasteiger partial charge in [0, 0.05) is 25.5 Å². The molecule has 10 nitrogen and oxygen atoms in total. The van der Waals surface area contributed by atoms with E-state index in [1.807, 2.05) is 0 Å². The molecule has 0 unspecified atom stereocenters. The largest absolute Gasteiger partial charge is 0.419 e. The van der Waals surface area contributed by atoms with Gasteiger partial charge in [0.25, 0.3) is 5.91 Å². The number of nitrogens with two attached hydrogens (primary N) is 3. The van der Waals surface area contributed by atoms with Crippen LogP contribution in [0.15, 0.2) is 48.9 Å². The lowest BCUT2D eigenvalue weighted by molar-refractivity contribution is -0.137. The monoisotopic (exact) mass is 469 g/mol. The molecule has 0 spiro atoms. The zero-order chi connectivity index (χ0) is 25.4. The quantitative estimate of drug-likeness (QED) is 0.298. The molecule has 3 rings (SSSR count). The summed E-state index contributed by atoms with van der Waals surface area (Å²) >= 11 is 0. The van der Waals surface area contributed by atoms with E-state index in [4.69, 9.17) is 0 Å². The first-order valence-corrected chi connectivity index (χ1v) is 9.53. The Labute approximate surface area is 190 Å². The summed E-state index contributed by atoms with van der Waals surface area (Å²) in [6, 6.07) is 7.50. The van der Waals surface area contributed by atoms with Gasteiger partial charge in [0.15, 0.2) is 0 Å². The summed E-state index contributed by atoms with van der Waals surface area (Å²) in [6.45, 7) is 0. The third-order valence-electron chi connectivity index (χ3n) is 3.65. The number of hydrogen-bond acceptors (Lipinski definition) is 8. The maximum atomic E-state index is 13.4. The number of halogens is 3. The minimum absolute atomic E-state index is 0.185. The van der Waals surface area contributed by atoms with Crippen molar-refractivity contribution in [3.8, 4) is 0 Å². The Morgan fingerprint density at radius 3 is 2.15 bits per heavy atom. The Bertz CT molecular complexity index is 948. The number of carbonyl (C=O) groups is 1. The second-order valence-electron chi connectivity index (χ2n) is 5.47. The van der Waals surface area contributed by atoms with Crippen molar-refractivity contribution in [2.45, 2.75) is 6.18 Å². The van der Waals surface area contributed by atoms with Crippen molar-refractivity contribution in [1.29, 1.82) is 0 Å². The predicted molar refractivity (Wildman–Crippen MR) is 125 cm³/mol. The SMILES string of the molecule is CN.CN.CN.CNC(=O)c1ccccc1Nc1cc(Nc2cn[nH]c2)ncc1C(F)(F)F. The number of para-hydroxylation sites is 1. The second kappa shape index (κ2) is 15.2. The molecule has 33 heavy (non-hydrogen) atoms. The van der Waals surface area contributed by atoms with Crippen molar-refractivity contribution < 1.29 is 18.0 Å². The smallest absolute Gasteiger partial charge is 0.355 e. The molecule has 1 aromatic carbocycles. The number of pyridine rings is 1. The lowest BCUT2D eigenvalue weighted by Crippen LogP contribution is -2.19. The number of amides is 1. The Balaban J connectivity index is 0.00000158. The van der Waals surface area contributed by atoms with Crippen molar-refractivity contribution in [2.75, 3.05) is 38.8 Å². The number of hydrogen-bond donors (Lipinski definition) is 7. The number of nitrogens with one attached hydrogen (secondary N) is 4. The highest BCUT2D eigenvalue weighted by molar-refractivity contribution is 6.00. The molecule has 0 bridgehead atoms. The van der Waals surface area contributed by atoms with E-state index in [0.717, 1.165) is 6.20 Å². The number of rotatable bonds is 5. The van der Waals surface area contributed by atoms with Gasteiger partial charge in [-0.3, -0.25) is 9.89 Å². The van der Waals surface area contributed by atoms with Crippen LogP contribution in [0.1, 0.15) is 15.9 Å². The highest BCUT2D eigenvalue weighted by Crippen LogP contribution is 2.37. The first-order valence-electron chi connectivity index (χ1n) is 9.53. The molecule has 0 atom stereocenters. The summed E-state index contributed by atoms with van der Waals surface area (Å²) in [5.74, 6) is -0.234. The molecule has 0 saturated carbocycles. The average Bonchev–Trinajstić information content (AvgIpc) is 3.35. The van der Waals surface area contributed by atoms with Gasteiger partial charge in [-0.15, -0.1) is 0 Å². The van der Waals surface area contributed by atoms with E-state index in [1.165, 1.54) is 58.8 Å². The minimum atomic E-state index is -4.62. The van der Waals surface area contributed by atoms with Crippen molar-refractivity contribution in [1.82, 2.24) is 20.5 Å². The van der Waals surface area contributed by atoms with E-state index < -0.39 is 17.6 Å². The Morgan fingerprint density at radius 2 is 1.61 bits per heavy atom. The molecule has 0 aliphatic carbocycles. The van der Waals surface area contributed by atoms with Crippen molar-refractivity contribution in [3.63, 3.8) is 0 Å². The fraction of sp³-hybridized carbons (Fsp3) is 0.250. The van der Waals surface area contributed by atoms with Gasteiger partial charge in [-0.2, -0.15) is 18.3 Å². The molecule has 1 amide bonds. The summed E-state index contributed by atoms with van der Waals surface area (Å²) < 4.78 is 40.2. The molecule has 182 valence electrons. The minimum Gasteiger partial charge on any atom is -0.355 e. The van der Waals surface area contributed by atoms with Gasteiger partial charge >= 0.3 is 6.18 Å². The summed E-state index contributed by atoms with van der Waals surface area (Å²) in [5, 5.41) is 14.3. The van der Waals surface area contributed by atoms with E-state index >= 15 is 0 Å². The molecule has 10 N–H and O–H groups in total. The van der Waals surface area contributed by atoms with Crippen LogP contribution in [0.3, 0.4) is 0 Å². The third kappa shape index (κ3) is 8.76. The van der Waals surface area contributed by atoms with Crippen LogP contribution in [-0.2, 0) is 6.18 Å². The molecule has 2 aromatic heterocycles. The fourth-order valence-electron chi connectivity index (χ4n) is 2.39. The van der Waals surface area contributed by atoms with E-state index in [-0.39, 0.29) is 22.8 Å². The maximum absolute atomic E-state index is 13.4. The van der Waals surface area contributed by atoms with Crippen LogP contribution >= 0.6 is 0 Å². The number of nitrogens with zero attached hydrogens (tertiary/aromatic N) is 2. The number of benzene rings is 1. The Kier molecular flexibility index (Phi) is 13.5. The number of anilines is 4. The van der Waals surface area contributed by atoms with Crippen LogP contribution < -0.4 is 33.2 Å². The first-order chi connectivity index (χ1) is 15.9. The zero-order valence-electron chi connectivity index (χ0n) is 18.8. The second-order valence-corrected chi connectivity index (χ2v) is 5.47. The maximum Gasteiger partial charge on any atom is 0.419 e. The zero-order valence-corrected chi connectivity index (χ0v) is 18.8. The Hall–Kier alpha value is -3.68. The van der Waals surface area contributed by atoms with Crippen molar-refractivity contribution in [3.05, 3.63) is 60.0 Å². The summed E-state index contributed by atoms with van der Waals surface area (Å²) in [7, 11) is 5.94. The van der Waals surface area contributed by atoms with Gasteiger partial charge in [-0.05, 0) is 33.3 Å². The van der Waals surface area contributed by atoms with Crippen molar-refractivity contribution >= 4 is 28.8 Å². The topological polar surface area (TPSA) is 173 Å². The highest BCUT2D eigenvalue weighted by atomic mass is 19.4. The van der Waals surface area contributed by atoms with Crippen LogP contribution in [-0.4, -0.2) is 49.3 Å². The van der Waals surface area contributed by atoms with Gasteiger partial charge < -0.3 is 33.2 Å². The first kappa shape index (κ1) is 29.3. The van der Waals surface area contributed by atoms with Crippen LogP contribution in [0.2, 0.25) is 0 Å². The van der Waals surface area contributed by atoms with Crippen LogP contribution in [0.5, 0.6) is 0 Å². The molecule has 0 aliphatic heterocycles. The number of alkyl halides is 3. The standard InChI is InChI=1S/C17H15F3N6O.3CH5N/c1-21-16(27)11-4-2-3-5-13(11)26-14-6-15(25-10-7-23-24-8-10)22-9-12(14)17(18,19)20;3*1-2/h2-9H,1H3,(H,21,27)(H,23,24)(H2,22,25,26);3*2H2,1H3. The molecular weight excluding hydrogens is 439 g/mol. The van der Waals surface area contributed by atoms with E-state index in [9.17, 15) is 18.0 Å². The number of aromatic amines is 1. The van der Waals surface area contributed by atoms with Crippen LogP contribution in [0, 0.1) is 0 Å². The Morgan fingerprint density at radius 1 is 0.970 bits per heavy atom. The van der Waals surface area contributed by atoms with Gasteiger partial charge in [0.1, 0.15) is 5.82 Å². The van der Waals surface area contributed by atoms with E-state index in [2.05, 4.69) is 48.3 Å². The van der Waals surface area contributed by atoms with Crippen LogP contribution in [0.25, 0.3) is 0 Å². The molecule has 2 heterocycles. The lowest BCUT2D eigenvalue weighted by Gasteiger charge is -2.17. The molecule has 0 saturated heterocycles. The van der Waals surface area contributed by atoms with Gasteiger partial charge in [-0.25, -0.2) is 4.98 Å². The summed E-state index contributed by atoms with van der Waals surface area (Å²) in [4.78, 5) is 15.8. The van der Waals surface area contributed by atoms with Crippen molar-refractivity contribution in [2.24, 2.45) is 17.2 Å². The number of H-pyrrole nitrogens is 1. The molecule has 13 heteroatoms. The molecule has 0 radical (unpaired) electrons. The van der Waals surface area contributed by atoms with E-state index in [1.54, 1.807) is 12.1 Å². The predicted octanol–water partition coefficient (Wildman–Crippen LogP) is 2.40. The van der Waals surface area contributed by atoms with Crippen LogP contribution in [0.4, 0.5) is 36.1 Å². The van der Waals surface area contributed by atoms with Gasteiger partial charge in [0.05, 0.1) is 34.4 Å². The summed E-state index contributed by atoms with van der Waals surface area (Å²) in [6.07, 6.45) is -0.889. The average molecular weight is 470 g/mol. The van der Waals surface area contributed by atoms with Gasteiger partial charge in [0.2, 0.25) is 0 Å². The fourth-order valence-corrected chi connectivity index (χ4v) is 2.39. The third-order valence-corrected chi connectivity index (χ3v) is 3.65. The molecule has 3 aromatic rings. The molecular formula is C20H30F3N9O. The summed E-state index contributed by atoms with van der Waals surface area (Å²) in [5.41, 5.74) is 13.3. The number of carbonyl (C=O) groups excluding carboxylic acids is 1. The van der Waals surface area contributed by atoms with Gasteiger partial charge in [-0.1, -0.05) is 12.1 Å². The number of aromatic nitrogens is 3.